The average molecular weight is 412 g/mol. The quantitative estimate of drug-likeness (QED) is 0.780. The molecule has 2 saturated heterocycles. The molecule has 1 amide bonds. The Morgan fingerprint density at radius 2 is 1.69 bits per heavy atom. The lowest BCUT2D eigenvalue weighted by Crippen LogP contribution is -2.58. The second-order valence-electron chi connectivity index (χ2n) is 8.18. The van der Waals surface area contributed by atoms with Gasteiger partial charge >= 0.3 is 6.18 Å². The van der Waals surface area contributed by atoms with E-state index in [0.29, 0.717) is 30.4 Å². The third-order valence-corrected chi connectivity index (χ3v) is 5.98. The zero-order valence-electron chi connectivity index (χ0n) is 16.3. The summed E-state index contributed by atoms with van der Waals surface area (Å²) in [5, 5.41) is 6.64. The zero-order valence-corrected chi connectivity index (χ0v) is 16.3. The number of halogens is 3. The van der Waals surface area contributed by atoms with Crippen molar-refractivity contribution in [3.63, 3.8) is 0 Å². The van der Waals surface area contributed by atoms with Crippen LogP contribution in [0.1, 0.15) is 59.5 Å². The lowest BCUT2D eigenvalue weighted by Gasteiger charge is -2.36. The molecule has 5 nitrogen and oxygen atoms in total. The highest BCUT2D eigenvalue weighted by atomic mass is 19.4. The monoisotopic (exact) mass is 412 g/mol. The van der Waals surface area contributed by atoms with Gasteiger partial charge in [-0.2, -0.15) is 13.2 Å². The summed E-state index contributed by atoms with van der Waals surface area (Å²) in [6.07, 6.45) is -0.116. The molecule has 4 rings (SSSR count). The van der Waals surface area contributed by atoms with E-state index in [1.807, 2.05) is 0 Å². The van der Waals surface area contributed by atoms with Crippen LogP contribution in [-0.2, 0) is 15.7 Å². The summed E-state index contributed by atoms with van der Waals surface area (Å²) in [5.74, 6) is -0.285. The first kappa shape index (κ1) is 20.6. The van der Waals surface area contributed by atoms with Gasteiger partial charge in [0, 0.05) is 37.5 Å². The molecule has 3 fully saturated rings. The maximum Gasteiger partial charge on any atom is 0.416 e. The molecule has 1 aliphatic carbocycles. The van der Waals surface area contributed by atoms with Crippen molar-refractivity contribution in [2.24, 2.45) is 0 Å². The van der Waals surface area contributed by atoms with Crippen LogP contribution in [-0.4, -0.2) is 50.5 Å². The van der Waals surface area contributed by atoms with E-state index in [0.717, 1.165) is 57.5 Å². The van der Waals surface area contributed by atoms with Crippen molar-refractivity contribution in [3.05, 3.63) is 34.9 Å². The van der Waals surface area contributed by atoms with Crippen molar-refractivity contribution in [1.29, 1.82) is 0 Å². The third kappa shape index (κ3) is 5.10. The van der Waals surface area contributed by atoms with E-state index in [1.54, 1.807) is 0 Å². The van der Waals surface area contributed by atoms with Crippen LogP contribution >= 0.6 is 0 Å². The molecule has 1 aromatic rings. The molecule has 0 aromatic heterocycles. The minimum absolute atomic E-state index is 0.0387. The average Bonchev–Trinajstić information content (AvgIpc) is 3.54. The topological polar surface area (TPSA) is 59.6 Å². The summed E-state index contributed by atoms with van der Waals surface area (Å²) < 4.78 is 50.3. The van der Waals surface area contributed by atoms with Crippen molar-refractivity contribution in [2.45, 2.75) is 62.3 Å². The van der Waals surface area contributed by atoms with Crippen LogP contribution in [0.15, 0.2) is 18.2 Å². The maximum absolute atomic E-state index is 13.1. The highest BCUT2D eigenvalue weighted by molar-refractivity contribution is 5.96. The zero-order chi connectivity index (χ0) is 20.4. The first-order valence-corrected chi connectivity index (χ1v) is 10.4. The Kier molecular flexibility index (Phi) is 6.13. The Bertz CT molecular complexity index is 730. The van der Waals surface area contributed by atoms with Gasteiger partial charge in [-0.25, -0.2) is 0 Å². The number of rotatable bonds is 5. The van der Waals surface area contributed by atoms with E-state index >= 15 is 0 Å². The van der Waals surface area contributed by atoms with Crippen molar-refractivity contribution >= 4 is 5.91 Å². The van der Waals surface area contributed by atoms with Gasteiger partial charge in [-0.1, -0.05) is 0 Å². The van der Waals surface area contributed by atoms with Crippen LogP contribution in [0.3, 0.4) is 0 Å². The molecule has 1 saturated carbocycles. The van der Waals surface area contributed by atoms with Crippen molar-refractivity contribution in [2.75, 3.05) is 26.4 Å². The fraction of sp³-hybridized carbons (Fsp3) is 0.667. The Balaban J connectivity index is 1.47. The van der Waals surface area contributed by atoms with Gasteiger partial charge in [0.05, 0.1) is 18.2 Å². The molecule has 1 aromatic carbocycles. The van der Waals surface area contributed by atoms with E-state index in [9.17, 15) is 18.0 Å². The molecular weight excluding hydrogens is 385 g/mol. The molecule has 8 heteroatoms. The molecule has 2 N–H and O–H groups in total. The highest BCUT2D eigenvalue weighted by Gasteiger charge is 2.36. The normalized spacial score (nSPS) is 26.3. The lowest BCUT2D eigenvalue weighted by atomic mass is 9.97. The summed E-state index contributed by atoms with van der Waals surface area (Å²) >= 11 is 0. The van der Waals surface area contributed by atoms with E-state index in [-0.39, 0.29) is 23.9 Å². The molecule has 0 bridgehead atoms. The minimum Gasteiger partial charge on any atom is -0.381 e. The van der Waals surface area contributed by atoms with Gasteiger partial charge < -0.3 is 20.1 Å². The maximum atomic E-state index is 13.1. The van der Waals surface area contributed by atoms with Crippen LogP contribution in [0, 0.1) is 0 Å². The first-order chi connectivity index (χ1) is 13.9. The Labute approximate surface area is 168 Å². The fourth-order valence-electron chi connectivity index (χ4n) is 4.17. The second kappa shape index (κ2) is 8.62. The molecule has 2 atom stereocenters. The third-order valence-electron chi connectivity index (χ3n) is 5.98. The van der Waals surface area contributed by atoms with Gasteiger partial charge in [-0.05, 0) is 61.8 Å². The van der Waals surface area contributed by atoms with E-state index in [1.165, 1.54) is 6.07 Å². The number of carbonyl (C=O) groups is 1. The standard InChI is InChI=1S/C21H27F3N2O3/c22-21(23,24)14-3-4-16(17(11-14)13-1-2-13)20(27)26-19-12-29-10-7-18(19)25-15-5-8-28-9-6-15/h3-4,11,13,15,18-19,25H,1-2,5-10,12H2,(H,26,27)/t18-,19+/m1/s1. The van der Waals surface area contributed by atoms with Crippen LogP contribution in [0.5, 0.6) is 0 Å². The van der Waals surface area contributed by atoms with Crippen molar-refractivity contribution in [1.82, 2.24) is 10.6 Å². The molecule has 0 radical (unpaired) electrons. The number of ether oxygens (including phenoxy) is 2. The predicted octanol–water partition coefficient (Wildman–Crippen LogP) is 3.24. The summed E-state index contributed by atoms with van der Waals surface area (Å²) in [5.41, 5.74) is 0.148. The van der Waals surface area contributed by atoms with Gasteiger partial charge in [0.15, 0.2) is 0 Å². The first-order valence-electron chi connectivity index (χ1n) is 10.4. The predicted molar refractivity (Wildman–Crippen MR) is 101 cm³/mol. The summed E-state index contributed by atoms with van der Waals surface area (Å²) in [6, 6.07) is 3.66. The Morgan fingerprint density at radius 3 is 2.38 bits per heavy atom. The molecule has 160 valence electrons. The molecule has 0 unspecified atom stereocenters. The van der Waals surface area contributed by atoms with Gasteiger partial charge in [-0.15, -0.1) is 0 Å². The Morgan fingerprint density at radius 1 is 0.966 bits per heavy atom. The lowest BCUT2D eigenvalue weighted by molar-refractivity contribution is -0.137. The fourth-order valence-corrected chi connectivity index (χ4v) is 4.17. The number of hydrogen-bond donors (Lipinski definition) is 2. The van der Waals surface area contributed by atoms with E-state index < -0.39 is 11.7 Å². The van der Waals surface area contributed by atoms with Crippen LogP contribution in [0.25, 0.3) is 0 Å². The number of hydrogen-bond acceptors (Lipinski definition) is 4. The number of carbonyl (C=O) groups excluding carboxylic acids is 1. The molecule has 2 aliphatic heterocycles. The number of benzene rings is 1. The molecule has 2 heterocycles. The van der Waals surface area contributed by atoms with E-state index in [2.05, 4.69) is 10.6 Å². The SMILES string of the molecule is O=C(N[C@H]1COCC[C@H]1NC1CCOCC1)c1ccc(C(F)(F)F)cc1C1CC1. The van der Waals surface area contributed by atoms with Crippen LogP contribution in [0.4, 0.5) is 13.2 Å². The van der Waals surface area contributed by atoms with Gasteiger partial charge in [-0.3, -0.25) is 4.79 Å². The van der Waals surface area contributed by atoms with Crippen molar-refractivity contribution < 1.29 is 27.4 Å². The summed E-state index contributed by atoms with van der Waals surface area (Å²) in [6.45, 7) is 2.48. The number of nitrogens with one attached hydrogen (secondary N) is 2. The number of amides is 1. The van der Waals surface area contributed by atoms with Crippen molar-refractivity contribution in [3.8, 4) is 0 Å². The summed E-state index contributed by atoms with van der Waals surface area (Å²) in [7, 11) is 0. The molecule has 0 spiro atoms. The molecule has 3 aliphatic rings. The van der Waals surface area contributed by atoms with Gasteiger partial charge in [0.1, 0.15) is 0 Å². The van der Waals surface area contributed by atoms with Crippen LogP contribution < -0.4 is 10.6 Å². The molecular formula is C21H27F3N2O3. The summed E-state index contributed by atoms with van der Waals surface area (Å²) in [4.78, 5) is 13.0. The Hall–Kier alpha value is -1.64. The second-order valence-corrected chi connectivity index (χ2v) is 8.18. The van der Waals surface area contributed by atoms with Gasteiger partial charge in [0.2, 0.25) is 0 Å². The largest absolute Gasteiger partial charge is 0.416 e. The smallest absolute Gasteiger partial charge is 0.381 e. The minimum atomic E-state index is -4.41. The van der Waals surface area contributed by atoms with Gasteiger partial charge in [0.25, 0.3) is 5.91 Å². The van der Waals surface area contributed by atoms with Crippen LogP contribution in [0.2, 0.25) is 0 Å². The molecule has 29 heavy (non-hydrogen) atoms. The van der Waals surface area contributed by atoms with E-state index in [4.69, 9.17) is 9.47 Å². The number of alkyl halides is 3. The highest BCUT2D eigenvalue weighted by Crippen LogP contribution is 2.43.